The van der Waals surface area contributed by atoms with E-state index in [2.05, 4.69) is 57.8 Å². The molecule has 1 aliphatic heterocycles. The highest BCUT2D eigenvalue weighted by atomic mass is 16.5. The number of urea groups is 1. The van der Waals surface area contributed by atoms with E-state index in [0.29, 0.717) is 25.6 Å². The van der Waals surface area contributed by atoms with Crippen molar-refractivity contribution in [3.8, 4) is 5.75 Å². The van der Waals surface area contributed by atoms with Crippen molar-refractivity contribution < 1.29 is 9.53 Å². The topological polar surface area (TPSA) is 55.3 Å². The minimum Gasteiger partial charge on any atom is -0.493 e. The summed E-state index contributed by atoms with van der Waals surface area (Å²) in [7, 11) is 0. The maximum atomic E-state index is 12.0. The number of carbonyl (C=O) groups excluding carboxylic acids is 1. The zero-order valence-corrected chi connectivity index (χ0v) is 15.4. The van der Waals surface area contributed by atoms with Crippen LogP contribution in [-0.4, -0.2) is 30.3 Å². The summed E-state index contributed by atoms with van der Waals surface area (Å²) in [4.78, 5) is 12.0. The fourth-order valence-corrected chi connectivity index (χ4v) is 3.61. The number of ether oxygens (including phenoxy) is 1. The van der Waals surface area contributed by atoms with Gasteiger partial charge in [-0.25, -0.2) is 4.79 Å². The van der Waals surface area contributed by atoms with Crippen LogP contribution in [0.1, 0.15) is 12.0 Å². The van der Waals surface area contributed by atoms with E-state index in [4.69, 9.17) is 4.74 Å². The molecule has 5 heteroatoms. The number of fused-ring (bicyclic) bond motifs is 2. The molecule has 1 atom stereocenters. The molecule has 0 saturated carbocycles. The summed E-state index contributed by atoms with van der Waals surface area (Å²) in [5.74, 6) is 1.28. The fraction of sp³-hybridized carbons (Fsp3) is 0.318. The molecular formula is C22H25N3O2. The number of amides is 2. The average molecular weight is 363 g/mol. The van der Waals surface area contributed by atoms with Crippen LogP contribution < -0.4 is 15.4 Å². The van der Waals surface area contributed by atoms with E-state index in [-0.39, 0.29) is 6.03 Å². The Morgan fingerprint density at radius 3 is 2.89 bits per heavy atom. The Morgan fingerprint density at radius 2 is 1.93 bits per heavy atom. The maximum Gasteiger partial charge on any atom is 0.314 e. The van der Waals surface area contributed by atoms with Gasteiger partial charge in [0.05, 0.1) is 6.61 Å². The first-order valence-corrected chi connectivity index (χ1v) is 9.56. The summed E-state index contributed by atoms with van der Waals surface area (Å²) >= 11 is 0. The van der Waals surface area contributed by atoms with Crippen molar-refractivity contribution in [2.24, 2.45) is 5.92 Å². The molecule has 140 valence electrons. The number of rotatable bonds is 6. The summed E-state index contributed by atoms with van der Waals surface area (Å²) in [6.45, 7) is 2.82. The van der Waals surface area contributed by atoms with Gasteiger partial charge >= 0.3 is 6.03 Å². The number of aromatic nitrogens is 1. The Morgan fingerprint density at radius 1 is 1.07 bits per heavy atom. The predicted molar refractivity (Wildman–Crippen MR) is 107 cm³/mol. The third-order valence-corrected chi connectivity index (χ3v) is 5.05. The molecule has 2 heterocycles. The van der Waals surface area contributed by atoms with Crippen LogP contribution in [0.4, 0.5) is 4.79 Å². The van der Waals surface area contributed by atoms with Crippen molar-refractivity contribution in [1.29, 1.82) is 0 Å². The SMILES string of the molecule is O=C(NCCCn1ccc2ccccc21)NCC1COc2ccccc2C1. The lowest BCUT2D eigenvalue weighted by molar-refractivity contribution is 0.211. The van der Waals surface area contributed by atoms with Gasteiger partial charge in [-0.15, -0.1) is 0 Å². The first-order chi connectivity index (χ1) is 13.3. The predicted octanol–water partition coefficient (Wildman–Crippen LogP) is 3.58. The monoisotopic (exact) mass is 363 g/mol. The highest BCUT2D eigenvalue weighted by Crippen LogP contribution is 2.26. The van der Waals surface area contributed by atoms with Gasteiger partial charge in [0.2, 0.25) is 0 Å². The van der Waals surface area contributed by atoms with Gasteiger partial charge < -0.3 is 19.9 Å². The van der Waals surface area contributed by atoms with E-state index in [9.17, 15) is 4.79 Å². The van der Waals surface area contributed by atoms with Crippen LogP contribution in [0.25, 0.3) is 10.9 Å². The summed E-state index contributed by atoms with van der Waals surface area (Å²) in [5, 5.41) is 7.17. The number of hydrogen-bond acceptors (Lipinski definition) is 2. The summed E-state index contributed by atoms with van der Waals surface area (Å²) < 4.78 is 8.00. The Hall–Kier alpha value is -2.95. The molecule has 3 aromatic rings. The van der Waals surface area contributed by atoms with Crippen LogP contribution >= 0.6 is 0 Å². The lowest BCUT2D eigenvalue weighted by Crippen LogP contribution is -2.41. The van der Waals surface area contributed by atoms with Crippen molar-refractivity contribution in [2.75, 3.05) is 19.7 Å². The van der Waals surface area contributed by atoms with Crippen LogP contribution in [0, 0.1) is 5.92 Å². The molecule has 0 spiro atoms. The van der Waals surface area contributed by atoms with Gasteiger partial charge in [-0.3, -0.25) is 0 Å². The Bertz CT molecular complexity index is 919. The van der Waals surface area contributed by atoms with Crippen LogP contribution in [-0.2, 0) is 13.0 Å². The minimum atomic E-state index is -0.105. The lowest BCUT2D eigenvalue weighted by Gasteiger charge is -2.25. The summed E-state index contributed by atoms with van der Waals surface area (Å²) in [6, 6.07) is 18.5. The number of nitrogens with zero attached hydrogens (tertiary/aromatic N) is 1. The fourth-order valence-electron chi connectivity index (χ4n) is 3.61. The van der Waals surface area contributed by atoms with Crippen molar-refractivity contribution in [1.82, 2.24) is 15.2 Å². The molecule has 1 unspecified atom stereocenters. The maximum absolute atomic E-state index is 12.0. The van der Waals surface area contributed by atoms with E-state index < -0.39 is 0 Å². The van der Waals surface area contributed by atoms with Gasteiger partial charge in [0.25, 0.3) is 0 Å². The number of carbonyl (C=O) groups is 1. The standard InChI is InChI=1S/C22H25N3O2/c26-22(24-15-17-14-19-7-2-4-9-21(19)27-16-17)23-11-5-12-25-13-10-18-6-1-3-8-20(18)25/h1-4,6-10,13,17H,5,11-12,14-16H2,(H2,23,24,26). The first kappa shape index (κ1) is 17.5. The normalized spacial score (nSPS) is 15.8. The smallest absolute Gasteiger partial charge is 0.314 e. The zero-order chi connectivity index (χ0) is 18.5. The second-order valence-electron chi connectivity index (χ2n) is 7.05. The van der Waals surface area contributed by atoms with Gasteiger partial charge in [-0.05, 0) is 42.0 Å². The average Bonchev–Trinajstić information content (AvgIpc) is 3.13. The highest BCUT2D eigenvalue weighted by Gasteiger charge is 2.19. The van der Waals surface area contributed by atoms with Gasteiger partial charge in [0.15, 0.2) is 0 Å². The van der Waals surface area contributed by atoms with Crippen LogP contribution in [0.15, 0.2) is 60.8 Å². The minimum absolute atomic E-state index is 0.105. The van der Waals surface area contributed by atoms with Gasteiger partial charge in [0.1, 0.15) is 5.75 Å². The molecule has 0 radical (unpaired) electrons. The lowest BCUT2D eigenvalue weighted by atomic mass is 9.97. The molecule has 5 nitrogen and oxygen atoms in total. The van der Waals surface area contributed by atoms with E-state index in [1.807, 2.05) is 18.2 Å². The van der Waals surface area contributed by atoms with Gasteiger partial charge in [0, 0.05) is 37.3 Å². The number of para-hydroxylation sites is 2. The zero-order valence-electron chi connectivity index (χ0n) is 15.4. The molecule has 1 aromatic heterocycles. The van der Waals surface area contributed by atoms with Crippen LogP contribution in [0.2, 0.25) is 0 Å². The third-order valence-electron chi connectivity index (χ3n) is 5.05. The first-order valence-electron chi connectivity index (χ1n) is 9.56. The number of aryl methyl sites for hydroxylation is 1. The summed E-state index contributed by atoms with van der Waals surface area (Å²) in [5.41, 5.74) is 2.45. The van der Waals surface area contributed by atoms with Crippen molar-refractivity contribution in [3.63, 3.8) is 0 Å². The second kappa shape index (κ2) is 8.16. The number of nitrogens with one attached hydrogen (secondary N) is 2. The van der Waals surface area contributed by atoms with Crippen molar-refractivity contribution >= 4 is 16.9 Å². The quantitative estimate of drug-likeness (QED) is 0.658. The molecule has 2 N–H and O–H groups in total. The molecule has 0 aliphatic carbocycles. The third kappa shape index (κ3) is 4.25. The van der Waals surface area contributed by atoms with Crippen molar-refractivity contribution in [2.45, 2.75) is 19.4 Å². The van der Waals surface area contributed by atoms with Crippen LogP contribution in [0.3, 0.4) is 0 Å². The second-order valence-corrected chi connectivity index (χ2v) is 7.05. The molecule has 0 bridgehead atoms. The molecule has 1 aliphatic rings. The molecule has 0 saturated heterocycles. The Balaban J connectivity index is 1.16. The van der Waals surface area contributed by atoms with Crippen molar-refractivity contribution in [3.05, 3.63) is 66.4 Å². The van der Waals surface area contributed by atoms with E-state index >= 15 is 0 Å². The molecule has 27 heavy (non-hydrogen) atoms. The number of benzene rings is 2. The molecule has 0 fully saturated rings. The van der Waals surface area contributed by atoms with Gasteiger partial charge in [-0.1, -0.05) is 36.4 Å². The highest BCUT2D eigenvalue weighted by molar-refractivity contribution is 5.79. The van der Waals surface area contributed by atoms with Gasteiger partial charge in [-0.2, -0.15) is 0 Å². The largest absolute Gasteiger partial charge is 0.493 e. The van der Waals surface area contributed by atoms with E-state index in [0.717, 1.165) is 25.1 Å². The van der Waals surface area contributed by atoms with E-state index in [1.165, 1.54) is 16.5 Å². The summed E-state index contributed by atoms with van der Waals surface area (Å²) in [6.07, 6.45) is 3.94. The molecule has 2 aromatic carbocycles. The number of hydrogen-bond donors (Lipinski definition) is 2. The Labute approximate surface area is 159 Å². The van der Waals surface area contributed by atoms with E-state index in [1.54, 1.807) is 0 Å². The molecular weight excluding hydrogens is 338 g/mol. The Kier molecular flexibility index (Phi) is 5.28. The molecule has 4 rings (SSSR count). The molecule has 2 amide bonds. The van der Waals surface area contributed by atoms with Crippen LogP contribution in [0.5, 0.6) is 5.75 Å².